The van der Waals surface area contributed by atoms with Crippen molar-refractivity contribution in [1.29, 1.82) is 0 Å². The molecule has 1 aliphatic heterocycles. The molecule has 1 unspecified atom stereocenters. The van der Waals surface area contributed by atoms with Crippen molar-refractivity contribution in [2.45, 2.75) is 39.2 Å². The van der Waals surface area contributed by atoms with E-state index in [9.17, 15) is 4.79 Å². The lowest BCUT2D eigenvalue weighted by Crippen LogP contribution is -2.47. The van der Waals surface area contributed by atoms with Crippen LogP contribution in [0.3, 0.4) is 0 Å². The zero-order valence-corrected chi connectivity index (χ0v) is 12.2. The topological polar surface area (TPSA) is 85.2 Å². The van der Waals surface area contributed by atoms with Gasteiger partial charge in [-0.05, 0) is 25.7 Å². The van der Waals surface area contributed by atoms with Crippen LogP contribution in [0.5, 0.6) is 0 Å². The van der Waals surface area contributed by atoms with Gasteiger partial charge in [0.15, 0.2) is 5.82 Å². The number of amides is 1. The molecule has 0 saturated carbocycles. The quantitative estimate of drug-likeness (QED) is 0.894. The van der Waals surface area contributed by atoms with E-state index in [4.69, 9.17) is 10.3 Å². The summed E-state index contributed by atoms with van der Waals surface area (Å²) in [5.74, 6) is 1.75. The van der Waals surface area contributed by atoms with Gasteiger partial charge in [0.05, 0.1) is 6.04 Å². The normalized spacial score (nSPS) is 20.8. The standard InChI is InChI=1S/C12H20N4O2.ClH/c1-8(13)12(17)16-5-3-4-10(7-16)6-11-14-9(2)18-15-11;/h8,10H,3-7,13H2,1-2H3;1H/t8-,10?;/m1./s1. The summed E-state index contributed by atoms with van der Waals surface area (Å²) >= 11 is 0. The van der Waals surface area contributed by atoms with Gasteiger partial charge in [0.2, 0.25) is 11.8 Å². The highest BCUT2D eigenvalue weighted by Crippen LogP contribution is 2.20. The number of hydrogen-bond donors (Lipinski definition) is 1. The van der Waals surface area contributed by atoms with Crippen LogP contribution in [0.4, 0.5) is 0 Å². The molecule has 0 radical (unpaired) electrons. The molecule has 2 N–H and O–H groups in total. The first-order chi connectivity index (χ1) is 8.56. The van der Waals surface area contributed by atoms with Crippen LogP contribution >= 0.6 is 12.4 Å². The van der Waals surface area contributed by atoms with Crippen LogP contribution in [-0.4, -0.2) is 40.1 Å². The first-order valence-corrected chi connectivity index (χ1v) is 6.40. The molecule has 6 nitrogen and oxygen atoms in total. The average Bonchev–Trinajstić information content (AvgIpc) is 2.74. The van der Waals surface area contributed by atoms with Gasteiger partial charge in [0.25, 0.3) is 0 Å². The maximum Gasteiger partial charge on any atom is 0.239 e. The Morgan fingerprint density at radius 2 is 2.37 bits per heavy atom. The molecule has 1 aliphatic rings. The molecular formula is C12H21ClN4O2. The lowest BCUT2D eigenvalue weighted by atomic mass is 9.94. The summed E-state index contributed by atoms with van der Waals surface area (Å²) in [4.78, 5) is 17.9. The Hall–Kier alpha value is -1.14. The molecular weight excluding hydrogens is 268 g/mol. The Kier molecular flexibility index (Phi) is 5.75. The predicted molar refractivity (Wildman–Crippen MR) is 72.9 cm³/mol. The summed E-state index contributed by atoms with van der Waals surface area (Å²) in [6.07, 6.45) is 2.87. The van der Waals surface area contributed by atoms with Crippen LogP contribution in [0, 0.1) is 12.8 Å². The number of carbonyl (C=O) groups is 1. The molecule has 0 spiro atoms. The van der Waals surface area contributed by atoms with Gasteiger partial charge in [-0.1, -0.05) is 5.16 Å². The van der Waals surface area contributed by atoms with Gasteiger partial charge in [0.1, 0.15) is 0 Å². The third kappa shape index (κ3) is 4.18. The Morgan fingerprint density at radius 3 is 2.95 bits per heavy atom. The van der Waals surface area contributed by atoms with E-state index >= 15 is 0 Å². The van der Waals surface area contributed by atoms with Crippen LogP contribution in [-0.2, 0) is 11.2 Å². The zero-order chi connectivity index (χ0) is 13.1. The second-order valence-corrected chi connectivity index (χ2v) is 5.01. The first-order valence-electron chi connectivity index (χ1n) is 6.40. The summed E-state index contributed by atoms with van der Waals surface area (Å²) in [6, 6.07) is -0.420. The van der Waals surface area contributed by atoms with E-state index in [1.807, 2.05) is 4.90 Å². The first kappa shape index (κ1) is 15.9. The van der Waals surface area contributed by atoms with Crippen molar-refractivity contribution in [3.05, 3.63) is 11.7 Å². The van der Waals surface area contributed by atoms with Crippen LogP contribution in [0.2, 0.25) is 0 Å². The molecule has 2 heterocycles. The van der Waals surface area contributed by atoms with Gasteiger partial charge < -0.3 is 15.2 Å². The number of likely N-dealkylation sites (tertiary alicyclic amines) is 1. The molecule has 1 aromatic heterocycles. The van der Waals surface area contributed by atoms with Crippen LogP contribution < -0.4 is 5.73 Å². The van der Waals surface area contributed by atoms with Crippen molar-refractivity contribution in [3.8, 4) is 0 Å². The number of hydrogen-bond acceptors (Lipinski definition) is 5. The number of nitrogens with zero attached hydrogens (tertiary/aromatic N) is 3. The lowest BCUT2D eigenvalue weighted by Gasteiger charge is -2.33. The number of carbonyl (C=O) groups excluding carboxylic acids is 1. The van der Waals surface area contributed by atoms with Crippen LogP contribution in [0.25, 0.3) is 0 Å². The molecule has 2 rings (SSSR count). The third-order valence-corrected chi connectivity index (χ3v) is 3.26. The fourth-order valence-electron chi connectivity index (χ4n) is 2.40. The Bertz CT molecular complexity index is 422. The number of nitrogens with two attached hydrogens (primary N) is 1. The number of aryl methyl sites for hydroxylation is 1. The molecule has 19 heavy (non-hydrogen) atoms. The molecule has 0 aromatic carbocycles. The molecule has 1 fully saturated rings. The molecule has 1 amide bonds. The predicted octanol–water partition coefficient (Wildman–Crippen LogP) is 0.928. The Morgan fingerprint density at radius 1 is 1.63 bits per heavy atom. The van der Waals surface area contributed by atoms with Crippen molar-refractivity contribution in [2.75, 3.05) is 13.1 Å². The maximum absolute atomic E-state index is 11.9. The highest BCUT2D eigenvalue weighted by molar-refractivity contribution is 5.85. The minimum atomic E-state index is -0.420. The SMILES string of the molecule is Cc1nc(CC2CCCN(C(=O)[C@@H](C)N)C2)no1.Cl. The minimum Gasteiger partial charge on any atom is -0.341 e. The molecule has 2 atom stereocenters. The summed E-state index contributed by atoms with van der Waals surface area (Å²) in [7, 11) is 0. The van der Waals surface area contributed by atoms with Crippen molar-refractivity contribution in [3.63, 3.8) is 0 Å². The monoisotopic (exact) mass is 288 g/mol. The number of aromatic nitrogens is 2. The van der Waals surface area contributed by atoms with Crippen LogP contribution in [0.15, 0.2) is 4.52 Å². The van der Waals surface area contributed by atoms with E-state index < -0.39 is 6.04 Å². The highest BCUT2D eigenvalue weighted by Gasteiger charge is 2.26. The molecule has 1 aromatic rings. The number of piperidine rings is 1. The molecule has 1 saturated heterocycles. The van der Waals surface area contributed by atoms with E-state index in [1.165, 1.54) is 0 Å². The molecule has 108 valence electrons. The van der Waals surface area contributed by atoms with Crippen molar-refractivity contribution in [2.24, 2.45) is 11.7 Å². The second-order valence-electron chi connectivity index (χ2n) is 5.01. The van der Waals surface area contributed by atoms with Gasteiger partial charge in [-0.3, -0.25) is 4.79 Å². The zero-order valence-electron chi connectivity index (χ0n) is 11.3. The fraction of sp³-hybridized carbons (Fsp3) is 0.750. The maximum atomic E-state index is 11.9. The van der Waals surface area contributed by atoms with Crippen LogP contribution in [0.1, 0.15) is 31.5 Å². The van der Waals surface area contributed by atoms with E-state index in [1.54, 1.807) is 13.8 Å². The van der Waals surface area contributed by atoms with Gasteiger partial charge in [-0.15, -0.1) is 12.4 Å². The summed E-state index contributed by atoms with van der Waals surface area (Å²) in [5, 5.41) is 3.90. The van der Waals surface area contributed by atoms with Gasteiger partial charge >= 0.3 is 0 Å². The van der Waals surface area contributed by atoms with Crippen molar-refractivity contribution >= 4 is 18.3 Å². The lowest BCUT2D eigenvalue weighted by molar-refractivity contribution is -0.134. The third-order valence-electron chi connectivity index (χ3n) is 3.26. The minimum absolute atomic E-state index is 0. The van der Waals surface area contributed by atoms with Gasteiger partial charge in [-0.25, -0.2) is 0 Å². The van der Waals surface area contributed by atoms with E-state index in [2.05, 4.69) is 10.1 Å². The van der Waals surface area contributed by atoms with E-state index in [-0.39, 0.29) is 18.3 Å². The largest absolute Gasteiger partial charge is 0.341 e. The fourth-order valence-corrected chi connectivity index (χ4v) is 2.40. The molecule has 7 heteroatoms. The number of halogens is 1. The van der Waals surface area contributed by atoms with Gasteiger partial charge in [0, 0.05) is 26.4 Å². The highest BCUT2D eigenvalue weighted by atomic mass is 35.5. The number of rotatable bonds is 3. The second kappa shape index (κ2) is 6.86. The van der Waals surface area contributed by atoms with Gasteiger partial charge in [-0.2, -0.15) is 4.98 Å². The summed E-state index contributed by atoms with van der Waals surface area (Å²) in [6.45, 7) is 5.06. The molecule has 0 bridgehead atoms. The van der Waals surface area contributed by atoms with E-state index in [0.29, 0.717) is 11.8 Å². The summed E-state index contributed by atoms with van der Waals surface area (Å²) in [5.41, 5.74) is 5.64. The van der Waals surface area contributed by atoms with E-state index in [0.717, 1.165) is 38.2 Å². The smallest absolute Gasteiger partial charge is 0.239 e. The average molecular weight is 289 g/mol. The van der Waals surface area contributed by atoms with Crippen molar-refractivity contribution < 1.29 is 9.32 Å². The Balaban J connectivity index is 0.00000180. The van der Waals surface area contributed by atoms with Crippen molar-refractivity contribution in [1.82, 2.24) is 15.0 Å². The molecule has 0 aliphatic carbocycles. The summed E-state index contributed by atoms with van der Waals surface area (Å²) < 4.78 is 4.96. The Labute approximate surface area is 119 Å².